The Morgan fingerprint density at radius 1 is 1.47 bits per heavy atom. The number of sulfonamides is 1. The molecule has 0 atom stereocenters. The van der Waals surface area contributed by atoms with Gasteiger partial charge in [0.15, 0.2) is 0 Å². The van der Waals surface area contributed by atoms with E-state index in [2.05, 4.69) is 9.71 Å². The molecule has 0 fully saturated rings. The molecule has 0 saturated heterocycles. The van der Waals surface area contributed by atoms with Crippen molar-refractivity contribution in [2.45, 2.75) is 6.42 Å². The largest absolute Gasteiger partial charge is 0.330 e. The number of hydrogen-bond acceptors (Lipinski definition) is 4. The summed E-state index contributed by atoms with van der Waals surface area (Å²) in [5, 5.41) is 0. The highest BCUT2D eigenvalue weighted by Crippen LogP contribution is 2.06. The van der Waals surface area contributed by atoms with Gasteiger partial charge in [0, 0.05) is 0 Å². The average Bonchev–Trinajstić information content (AvgIpc) is 2.18. The lowest BCUT2D eigenvalue weighted by Gasteiger charge is -2.05. The van der Waals surface area contributed by atoms with Gasteiger partial charge in [-0.05, 0) is 25.1 Å². The van der Waals surface area contributed by atoms with E-state index >= 15 is 0 Å². The van der Waals surface area contributed by atoms with E-state index < -0.39 is 15.8 Å². The van der Waals surface area contributed by atoms with Crippen molar-refractivity contribution in [3.63, 3.8) is 0 Å². The molecule has 0 aromatic carbocycles. The van der Waals surface area contributed by atoms with Crippen LogP contribution in [0.2, 0.25) is 0 Å². The molecular formula is C8H12FN3O2S. The summed E-state index contributed by atoms with van der Waals surface area (Å²) >= 11 is 0. The molecule has 0 aliphatic heterocycles. The van der Waals surface area contributed by atoms with Crippen LogP contribution in [-0.2, 0) is 10.0 Å². The maximum absolute atomic E-state index is 12.5. The SMILES string of the molecule is NCCCS(=O)(=O)Nc1ccc(F)cn1. The first-order chi connectivity index (χ1) is 7.03. The predicted octanol–water partition coefficient (Wildman–Crippen LogP) is 0.311. The Morgan fingerprint density at radius 2 is 2.20 bits per heavy atom. The van der Waals surface area contributed by atoms with Crippen molar-refractivity contribution < 1.29 is 12.8 Å². The first-order valence-corrected chi connectivity index (χ1v) is 6.01. The summed E-state index contributed by atoms with van der Waals surface area (Å²) in [6.45, 7) is 0.303. The van der Waals surface area contributed by atoms with Gasteiger partial charge in [0.25, 0.3) is 0 Å². The fraction of sp³-hybridized carbons (Fsp3) is 0.375. The van der Waals surface area contributed by atoms with E-state index in [0.717, 1.165) is 12.3 Å². The van der Waals surface area contributed by atoms with Crippen LogP contribution in [0.5, 0.6) is 0 Å². The van der Waals surface area contributed by atoms with Crippen molar-refractivity contribution in [1.29, 1.82) is 0 Å². The quantitative estimate of drug-likeness (QED) is 0.766. The van der Waals surface area contributed by atoms with E-state index in [9.17, 15) is 12.8 Å². The van der Waals surface area contributed by atoms with Gasteiger partial charge in [-0.1, -0.05) is 0 Å². The molecule has 0 spiro atoms. The fourth-order valence-electron chi connectivity index (χ4n) is 0.920. The molecule has 0 amide bonds. The first-order valence-electron chi connectivity index (χ1n) is 4.35. The van der Waals surface area contributed by atoms with Crippen LogP contribution in [0.15, 0.2) is 18.3 Å². The standard InChI is InChI=1S/C8H12FN3O2S/c9-7-2-3-8(11-6-7)12-15(13,14)5-1-4-10/h2-3,6H,1,4-5,10H2,(H,11,12). The van der Waals surface area contributed by atoms with E-state index in [1.54, 1.807) is 0 Å². The summed E-state index contributed by atoms with van der Waals surface area (Å²) in [5.74, 6) is -0.476. The summed E-state index contributed by atoms with van der Waals surface area (Å²) in [4.78, 5) is 3.58. The minimum atomic E-state index is -3.42. The molecule has 1 aromatic rings. The van der Waals surface area contributed by atoms with Crippen LogP contribution >= 0.6 is 0 Å². The summed E-state index contributed by atoms with van der Waals surface area (Å²) in [6, 6.07) is 2.39. The van der Waals surface area contributed by atoms with Crippen molar-refractivity contribution in [3.8, 4) is 0 Å². The fourth-order valence-corrected chi connectivity index (χ4v) is 2.01. The third-order valence-electron chi connectivity index (χ3n) is 1.60. The van der Waals surface area contributed by atoms with Crippen LogP contribution in [0.25, 0.3) is 0 Å². The molecule has 7 heteroatoms. The molecule has 3 N–H and O–H groups in total. The minimum absolute atomic E-state index is 0.0669. The number of hydrogen-bond donors (Lipinski definition) is 2. The molecule has 0 aliphatic carbocycles. The third kappa shape index (κ3) is 4.22. The number of pyridine rings is 1. The topological polar surface area (TPSA) is 85.1 Å². The molecule has 84 valence electrons. The molecule has 5 nitrogen and oxygen atoms in total. The maximum atomic E-state index is 12.5. The lowest BCUT2D eigenvalue weighted by atomic mass is 10.5. The molecule has 0 unspecified atom stereocenters. The number of anilines is 1. The van der Waals surface area contributed by atoms with Crippen LogP contribution in [0.4, 0.5) is 10.2 Å². The monoisotopic (exact) mass is 233 g/mol. The van der Waals surface area contributed by atoms with Crippen LogP contribution in [-0.4, -0.2) is 25.7 Å². The Labute approximate surface area is 87.6 Å². The van der Waals surface area contributed by atoms with Crippen LogP contribution in [0.3, 0.4) is 0 Å². The number of nitrogens with two attached hydrogens (primary N) is 1. The molecule has 0 bridgehead atoms. The van der Waals surface area contributed by atoms with Gasteiger partial charge >= 0.3 is 0 Å². The lowest BCUT2D eigenvalue weighted by Crippen LogP contribution is -2.19. The highest BCUT2D eigenvalue weighted by molar-refractivity contribution is 7.92. The molecule has 0 radical (unpaired) electrons. The second-order valence-corrected chi connectivity index (χ2v) is 4.77. The van der Waals surface area contributed by atoms with Gasteiger partial charge in [-0.25, -0.2) is 17.8 Å². The number of rotatable bonds is 5. The molecule has 0 saturated carbocycles. The third-order valence-corrected chi connectivity index (χ3v) is 2.95. The van der Waals surface area contributed by atoms with Gasteiger partial charge in [0.1, 0.15) is 11.6 Å². The van der Waals surface area contributed by atoms with Gasteiger partial charge in [-0.2, -0.15) is 0 Å². The van der Waals surface area contributed by atoms with Crippen LogP contribution < -0.4 is 10.5 Å². The normalized spacial score (nSPS) is 11.3. The zero-order valence-corrected chi connectivity index (χ0v) is 8.80. The maximum Gasteiger partial charge on any atom is 0.233 e. The number of halogens is 1. The van der Waals surface area contributed by atoms with Crippen molar-refractivity contribution in [1.82, 2.24) is 4.98 Å². The highest BCUT2D eigenvalue weighted by atomic mass is 32.2. The Morgan fingerprint density at radius 3 is 2.73 bits per heavy atom. The average molecular weight is 233 g/mol. The van der Waals surface area contributed by atoms with Crippen molar-refractivity contribution in [2.75, 3.05) is 17.0 Å². The highest BCUT2D eigenvalue weighted by Gasteiger charge is 2.09. The molecule has 1 heterocycles. The molecule has 1 rings (SSSR count). The molecule has 0 aliphatic rings. The van der Waals surface area contributed by atoms with E-state index in [-0.39, 0.29) is 11.6 Å². The Hall–Kier alpha value is -1.21. The molecule has 15 heavy (non-hydrogen) atoms. The van der Waals surface area contributed by atoms with Gasteiger partial charge in [-0.15, -0.1) is 0 Å². The zero-order valence-electron chi connectivity index (χ0n) is 7.98. The zero-order chi connectivity index (χ0) is 11.3. The van der Waals surface area contributed by atoms with Gasteiger partial charge in [0.05, 0.1) is 11.9 Å². The number of nitrogens with zero attached hydrogens (tertiary/aromatic N) is 1. The Balaban J connectivity index is 2.65. The molecular weight excluding hydrogens is 221 g/mol. The predicted molar refractivity (Wildman–Crippen MR) is 55.3 cm³/mol. The summed E-state index contributed by atoms with van der Waals surface area (Å²) in [6.07, 6.45) is 1.32. The van der Waals surface area contributed by atoms with Crippen molar-refractivity contribution in [3.05, 3.63) is 24.1 Å². The smallest absolute Gasteiger partial charge is 0.233 e. The van der Waals surface area contributed by atoms with E-state index in [0.29, 0.717) is 13.0 Å². The van der Waals surface area contributed by atoms with Gasteiger partial charge < -0.3 is 5.73 Å². The Bertz CT molecular complexity index is 404. The minimum Gasteiger partial charge on any atom is -0.330 e. The summed E-state index contributed by atoms with van der Waals surface area (Å²) in [7, 11) is -3.42. The van der Waals surface area contributed by atoms with E-state index in [1.807, 2.05) is 0 Å². The summed E-state index contributed by atoms with van der Waals surface area (Å²) in [5.41, 5.74) is 5.19. The first kappa shape index (κ1) is 11.9. The van der Waals surface area contributed by atoms with Crippen molar-refractivity contribution >= 4 is 15.8 Å². The Kier molecular flexibility index (Phi) is 3.98. The van der Waals surface area contributed by atoms with Crippen LogP contribution in [0, 0.1) is 5.82 Å². The summed E-state index contributed by atoms with van der Waals surface area (Å²) < 4.78 is 37.4. The number of nitrogens with one attached hydrogen (secondary N) is 1. The molecule has 1 aromatic heterocycles. The van der Waals surface area contributed by atoms with Crippen molar-refractivity contribution in [2.24, 2.45) is 5.73 Å². The number of aromatic nitrogens is 1. The second-order valence-electron chi connectivity index (χ2n) is 2.92. The van der Waals surface area contributed by atoms with Gasteiger partial charge in [-0.3, -0.25) is 4.72 Å². The van der Waals surface area contributed by atoms with Crippen LogP contribution in [0.1, 0.15) is 6.42 Å². The van der Waals surface area contributed by atoms with E-state index in [1.165, 1.54) is 6.07 Å². The van der Waals surface area contributed by atoms with Gasteiger partial charge in [0.2, 0.25) is 10.0 Å². The lowest BCUT2D eigenvalue weighted by molar-refractivity contribution is 0.598. The second kappa shape index (κ2) is 5.04. The van der Waals surface area contributed by atoms with E-state index in [4.69, 9.17) is 5.73 Å².